The van der Waals surface area contributed by atoms with Gasteiger partial charge in [-0.05, 0) is 75.1 Å². The van der Waals surface area contributed by atoms with Crippen molar-refractivity contribution in [3.05, 3.63) is 77.4 Å². The Balaban J connectivity index is 1.52. The first-order valence-corrected chi connectivity index (χ1v) is 14.4. The number of oxime groups is 1. The fourth-order valence-corrected chi connectivity index (χ4v) is 5.32. The Kier molecular flexibility index (Phi) is 8.54. The number of rotatable bonds is 11. The van der Waals surface area contributed by atoms with Crippen molar-refractivity contribution >= 4 is 29.0 Å². The van der Waals surface area contributed by atoms with Crippen molar-refractivity contribution in [1.82, 2.24) is 0 Å². The molecule has 3 aromatic rings. The van der Waals surface area contributed by atoms with Gasteiger partial charge in [0.05, 0.1) is 25.6 Å². The molecular weight excluding hydrogens is 607 g/mol. The first kappa shape index (κ1) is 32.5. The highest BCUT2D eigenvalue weighted by Crippen LogP contribution is 2.57. The van der Waals surface area contributed by atoms with Crippen LogP contribution in [0.3, 0.4) is 0 Å². The van der Waals surface area contributed by atoms with Crippen molar-refractivity contribution in [2.45, 2.75) is 57.0 Å². The summed E-state index contributed by atoms with van der Waals surface area (Å²) in [6.07, 6.45) is -3.27. The van der Waals surface area contributed by atoms with E-state index in [2.05, 4.69) is 15.2 Å². The molecule has 1 unspecified atom stereocenters. The van der Waals surface area contributed by atoms with Crippen LogP contribution < -0.4 is 24.4 Å². The van der Waals surface area contributed by atoms with Gasteiger partial charge in [0.25, 0.3) is 5.91 Å². The van der Waals surface area contributed by atoms with Crippen LogP contribution in [0.4, 0.5) is 24.5 Å². The van der Waals surface area contributed by atoms with Crippen LogP contribution in [-0.4, -0.2) is 55.4 Å². The van der Waals surface area contributed by atoms with Crippen LogP contribution in [0.25, 0.3) is 0 Å². The summed E-state index contributed by atoms with van der Waals surface area (Å²) in [5.74, 6) is -0.985. The summed E-state index contributed by atoms with van der Waals surface area (Å²) in [7, 11) is 3.00. The van der Waals surface area contributed by atoms with Gasteiger partial charge in [0.2, 0.25) is 5.60 Å². The van der Waals surface area contributed by atoms with Crippen LogP contribution in [0.5, 0.6) is 17.2 Å². The van der Waals surface area contributed by atoms with Gasteiger partial charge >= 0.3 is 12.3 Å². The Hall–Kier alpha value is -4.94. The summed E-state index contributed by atoms with van der Waals surface area (Å²) in [6.45, 7) is 4.70. The number of nitrogens with one attached hydrogen (secondary N) is 1. The number of aliphatic carboxylic acids is 1. The summed E-state index contributed by atoms with van der Waals surface area (Å²) >= 11 is 0. The lowest BCUT2D eigenvalue weighted by atomic mass is 9.99. The minimum atomic E-state index is -4.88. The van der Waals surface area contributed by atoms with E-state index in [4.69, 9.17) is 14.3 Å². The van der Waals surface area contributed by atoms with Crippen LogP contribution in [-0.2, 0) is 19.8 Å². The van der Waals surface area contributed by atoms with Gasteiger partial charge in [0.15, 0.2) is 0 Å². The zero-order valence-electron chi connectivity index (χ0n) is 25.9. The van der Waals surface area contributed by atoms with Gasteiger partial charge < -0.3 is 34.4 Å². The van der Waals surface area contributed by atoms with Crippen molar-refractivity contribution in [1.29, 1.82) is 0 Å². The quantitative estimate of drug-likeness (QED) is 0.182. The number of fused-ring (bicyclic) bond motifs is 2. The molecule has 0 radical (unpaired) electrons. The van der Waals surface area contributed by atoms with Gasteiger partial charge in [-0.3, -0.25) is 4.79 Å². The molecule has 1 heterocycles. The molecule has 0 aromatic heterocycles. The number of nitrogens with zero attached hydrogens (tertiary/aromatic N) is 2. The highest BCUT2D eigenvalue weighted by Gasteiger charge is 2.54. The monoisotopic (exact) mass is 641 g/mol. The number of halogens is 3. The predicted octanol–water partition coefficient (Wildman–Crippen LogP) is 6.44. The van der Waals surface area contributed by atoms with Gasteiger partial charge in [-0.15, -0.1) is 13.2 Å². The van der Waals surface area contributed by atoms with Crippen molar-refractivity contribution in [3.8, 4) is 17.2 Å². The first-order valence-electron chi connectivity index (χ1n) is 14.4. The largest absolute Gasteiger partial charge is 0.573 e. The van der Waals surface area contributed by atoms with E-state index in [1.165, 1.54) is 45.1 Å². The second kappa shape index (κ2) is 12.1. The number of alkyl halides is 3. The SMILES string of the molecule is COc1ccc(C(Nc2cc(OC)cc(C(C)=NOC(C)(C)C(=O)O)c2)C(=O)N2CC3(CC3)c3ccc(OC(F)(F)F)cc32)cc1. The van der Waals surface area contributed by atoms with Gasteiger partial charge in [0, 0.05) is 35.3 Å². The number of amides is 1. The molecule has 1 atom stereocenters. The number of anilines is 2. The van der Waals surface area contributed by atoms with Crippen LogP contribution >= 0.6 is 0 Å². The van der Waals surface area contributed by atoms with E-state index < -0.39 is 29.7 Å². The summed E-state index contributed by atoms with van der Waals surface area (Å²) < 4.78 is 54.2. The normalized spacial score (nSPS) is 16.0. The lowest BCUT2D eigenvalue weighted by molar-refractivity contribution is -0.274. The molecule has 1 saturated carbocycles. The molecule has 0 bridgehead atoms. The Bertz CT molecular complexity index is 1670. The number of methoxy groups -OCH3 is 2. The molecule has 0 saturated heterocycles. The highest BCUT2D eigenvalue weighted by atomic mass is 19.4. The number of hydrogen-bond donors (Lipinski definition) is 2. The molecule has 244 valence electrons. The summed E-state index contributed by atoms with van der Waals surface area (Å²) in [4.78, 5) is 32.7. The molecule has 13 heteroatoms. The maximum absolute atomic E-state index is 14.5. The topological polar surface area (TPSA) is 119 Å². The molecule has 1 aliphatic carbocycles. The van der Waals surface area contributed by atoms with Crippen LogP contribution in [0, 0.1) is 0 Å². The molecule has 1 amide bonds. The van der Waals surface area contributed by atoms with Gasteiger partial charge in [-0.25, -0.2) is 4.79 Å². The Morgan fingerprint density at radius 3 is 2.20 bits per heavy atom. The lowest BCUT2D eigenvalue weighted by Gasteiger charge is -2.27. The molecule has 2 N–H and O–H groups in total. The van der Waals surface area contributed by atoms with E-state index >= 15 is 0 Å². The van der Waals surface area contributed by atoms with Crippen LogP contribution in [0.15, 0.2) is 65.8 Å². The molecule has 1 aliphatic heterocycles. The van der Waals surface area contributed by atoms with Gasteiger partial charge in [0.1, 0.15) is 23.3 Å². The van der Waals surface area contributed by atoms with E-state index in [9.17, 15) is 27.9 Å². The zero-order chi connectivity index (χ0) is 33.4. The van der Waals surface area contributed by atoms with Crippen molar-refractivity contribution in [2.24, 2.45) is 5.16 Å². The standard InChI is InChI=1S/C33H34F3N3O7/c1-19(38-46-31(2,3)30(41)42)21-14-22(16-25(15-21)44-5)37-28(20-6-8-23(43-4)9-7-20)29(40)39-18-32(12-13-32)26-11-10-24(17-27(26)39)45-33(34,35)36/h6-11,14-17,28,37H,12-13,18H2,1-5H3,(H,41,42). The minimum Gasteiger partial charge on any atom is -0.497 e. The molecule has 46 heavy (non-hydrogen) atoms. The van der Waals surface area contributed by atoms with Crippen LogP contribution in [0.2, 0.25) is 0 Å². The third-order valence-corrected chi connectivity index (χ3v) is 8.14. The minimum absolute atomic E-state index is 0.313. The fraction of sp³-hybridized carbons (Fsp3) is 0.364. The summed E-state index contributed by atoms with van der Waals surface area (Å²) in [5.41, 5.74) is 1.22. The fourth-order valence-electron chi connectivity index (χ4n) is 5.32. The average Bonchev–Trinajstić information content (AvgIpc) is 3.73. The third kappa shape index (κ3) is 6.82. The number of carbonyl (C=O) groups excluding carboxylic acids is 1. The van der Waals surface area contributed by atoms with E-state index in [-0.39, 0.29) is 11.3 Å². The third-order valence-electron chi connectivity index (χ3n) is 8.14. The maximum atomic E-state index is 14.5. The Labute approximate surface area is 263 Å². The number of ether oxygens (including phenoxy) is 3. The lowest BCUT2D eigenvalue weighted by Crippen LogP contribution is -2.38. The van der Waals surface area contributed by atoms with Gasteiger partial charge in [-0.2, -0.15) is 0 Å². The van der Waals surface area contributed by atoms with Crippen molar-refractivity contribution in [3.63, 3.8) is 0 Å². The number of benzene rings is 3. The molecule has 1 fully saturated rings. The number of carboxylic acids is 1. The molecule has 2 aliphatic rings. The second-order valence-corrected chi connectivity index (χ2v) is 11.8. The zero-order valence-corrected chi connectivity index (χ0v) is 25.9. The summed E-state index contributed by atoms with van der Waals surface area (Å²) in [5, 5.41) is 16.7. The van der Waals surface area contributed by atoms with Gasteiger partial charge in [-0.1, -0.05) is 23.4 Å². The molecule has 10 nitrogen and oxygen atoms in total. The van der Waals surface area contributed by atoms with E-state index in [1.54, 1.807) is 55.5 Å². The van der Waals surface area contributed by atoms with E-state index in [1.807, 2.05) is 0 Å². The number of carbonyl (C=O) groups is 2. The Morgan fingerprint density at radius 1 is 0.957 bits per heavy atom. The van der Waals surface area contributed by atoms with Crippen molar-refractivity contribution in [2.75, 3.05) is 31.0 Å². The maximum Gasteiger partial charge on any atom is 0.573 e. The Morgan fingerprint density at radius 2 is 1.61 bits per heavy atom. The first-order chi connectivity index (χ1) is 21.6. The molecule has 1 spiro atoms. The molecule has 5 rings (SSSR count). The van der Waals surface area contributed by atoms with E-state index in [0.29, 0.717) is 46.3 Å². The molecular formula is C33H34F3N3O7. The highest BCUT2D eigenvalue weighted by molar-refractivity contribution is 6.03. The van der Waals surface area contributed by atoms with Crippen LogP contribution in [0.1, 0.15) is 56.3 Å². The summed E-state index contributed by atoms with van der Waals surface area (Å²) in [6, 6.07) is 15.1. The van der Waals surface area contributed by atoms with Crippen molar-refractivity contribution < 1.29 is 46.9 Å². The molecule has 3 aromatic carbocycles. The predicted molar refractivity (Wildman–Crippen MR) is 164 cm³/mol. The smallest absolute Gasteiger partial charge is 0.497 e. The number of carboxylic acid groups (broad SMARTS) is 1. The average molecular weight is 642 g/mol. The van der Waals surface area contributed by atoms with E-state index in [0.717, 1.165) is 18.4 Å². The number of hydrogen-bond acceptors (Lipinski definition) is 8. The second-order valence-electron chi connectivity index (χ2n) is 11.8.